The van der Waals surface area contributed by atoms with E-state index in [9.17, 15) is 4.79 Å². The van der Waals surface area contributed by atoms with Crippen LogP contribution in [0.25, 0.3) is 0 Å². The Hall–Kier alpha value is -2.18. The van der Waals surface area contributed by atoms with Gasteiger partial charge in [0.25, 0.3) is 5.91 Å². The molecule has 6 nitrogen and oxygen atoms in total. The second kappa shape index (κ2) is 8.05. The largest absolute Gasteiger partial charge is 0.380 e. The van der Waals surface area contributed by atoms with Gasteiger partial charge in [-0.2, -0.15) is 5.10 Å². The number of hydrogen-bond acceptors (Lipinski definition) is 4. The van der Waals surface area contributed by atoms with Crippen LogP contribution in [-0.4, -0.2) is 48.5 Å². The predicted octanol–water partition coefficient (Wildman–Crippen LogP) is 1.97. The van der Waals surface area contributed by atoms with E-state index in [0.29, 0.717) is 11.7 Å². The minimum atomic E-state index is -0.0882. The van der Waals surface area contributed by atoms with Crippen molar-refractivity contribution in [3.63, 3.8) is 0 Å². The molecule has 1 aliphatic carbocycles. The van der Waals surface area contributed by atoms with E-state index in [1.807, 2.05) is 6.07 Å². The van der Waals surface area contributed by atoms with Crippen molar-refractivity contribution in [3.8, 4) is 0 Å². The van der Waals surface area contributed by atoms with Crippen molar-refractivity contribution >= 4 is 5.91 Å². The normalized spacial score (nSPS) is 20.3. The lowest BCUT2D eigenvalue weighted by molar-refractivity contribution is -0.100. The number of aryl methyl sites for hydroxylation is 2. The van der Waals surface area contributed by atoms with Crippen LogP contribution in [0.2, 0.25) is 0 Å². The molecule has 2 aliphatic rings. The lowest BCUT2D eigenvalue weighted by atomic mass is 9.86. The molecule has 28 heavy (non-hydrogen) atoms. The predicted molar refractivity (Wildman–Crippen MR) is 109 cm³/mol. The first kappa shape index (κ1) is 19.2. The van der Waals surface area contributed by atoms with Gasteiger partial charge in [-0.3, -0.25) is 9.48 Å². The zero-order valence-electron chi connectivity index (χ0n) is 16.8. The van der Waals surface area contributed by atoms with Crippen molar-refractivity contribution in [1.82, 2.24) is 20.4 Å². The Balaban J connectivity index is 1.48. The summed E-state index contributed by atoms with van der Waals surface area (Å²) in [7, 11) is 1.67. The standard InChI is InChI=1S/C22H30N4O2/c1-22(14-28-15-22)13-24-17-8-9-19-18(12-17)20(21(27)23-2)25-26(19)11-10-16-6-4-3-5-7-16/h3-7,17,24H,8-15H2,1-2H3,(H,23,27). The lowest BCUT2D eigenvalue weighted by Gasteiger charge is -2.39. The van der Waals surface area contributed by atoms with Gasteiger partial charge < -0.3 is 15.4 Å². The number of nitrogens with one attached hydrogen (secondary N) is 2. The van der Waals surface area contributed by atoms with Crippen LogP contribution in [0, 0.1) is 5.41 Å². The number of nitrogens with zero attached hydrogens (tertiary/aromatic N) is 2. The fraction of sp³-hybridized carbons (Fsp3) is 0.545. The molecule has 1 aromatic heterocycles. The first-order valence-electron chi connectivity index (χ1n) is 10.2. The average molecular weight is 383 g/mol. The molecule has 0 saturated carbocycles. The molecule has 1 atom stereocenters. The topological polar surface area (TPSA) is 68.2 Å². The van der Waals surface area contributed by atoms with Crippen molar-refractivity contribution in [3.05, 3.63) is 52.8 Å². The molecule has 150 valence electrons. The molecular formula is C22H30N4O2. The number of aromatic nitrogens is 2. The fourth-order valence-corrected chi connectivity index (χ4v) is 4.17. The highest BCUT2D eigenvalue weighted by molar-refractivity contribution is 5.93. The van der Waals surface area contributed by atoms with E-state index < -0.39 is 0 Å². The second-order valence-electron chi connectivity index (χ2n) is 8.44. The Labute approximate surface area is 166 Å². The van der Waals surface area contributed by atoms with Gasteiger partial charge in [-0.15, -0.1) is 0 Å². The van der Waals surface area contributed by atoms with Gasteiger partial charge in [-0.25, -0.2) is 0 Å². The van der Waals surface area contributed by atoms with E-state index in [1.165, 1.54) is 11.3 Å². The summed E-state index contributed by atoms with van der Waals surface area (Å²) in [5.74, 6) is -0.0882. The van der Waals surface area contributed by atoms with Gasteiger partial charge in [0.15, 0.2) is 5.69 Å². The number of amides is 1. The van der Waals surface area contributed by atoms with Crippen LogP contribution >= 0.6 is 0 Å². The quantitative estimate of drug-likeness (QED) is 0.768. The van der Waals surface area contributed by atoms with Crippen LogP contribution in [0.1, 0.15) is 40.7 Å². The SMILES string of the molecule is CNC(=O)c1nn(CCc2ccccc2)c2c1CC(NCC1(C)COC1)CC2. The molecule has 1 aromatic carbocycles. The van der Waals surface area contributed by atoms with Crippen molar-refractivity contribution < 1.29 is 9.53 Å². The molecule has 2 heterocycles. The van der Waals surface area contributed by atoms with Gasteiger partial charge in [0.05, 0.1) is 13.2 Å². The van der Waals surface area contributed by atoms with Gasteiger partial charge in [0.2, 0.25) is 0 Å². The fourth-order valence-electron chi connectivity index (χ4n) is 4.17. The Bertz CT molecular complexity index is 827. The summed E-state index contributed by atoms with van der Waals surface area (Å²) in [4.78, 5) is 12.4. The number of hydrogen-bond donors (Lipinski definition) is 2. The maximum absolute atomic E-state index is 12.4. The summed E-state index contributed by atoms with van der Waals surface area (Å²) in [5.41, 5.74) is 4.48. The molecule has 1 fully saturated rings. The first-order valence-corrected chi connectivity index (χ1v) is 10.2. The molecular weight excluding hydrogens is 352 g/mol. The lowest BCUT2D eigenvalue weighted by Crippen LogP contribution is -2.50. The highest BCUT2D eigenvalue weighted by Crippen LogP contribution is 2.28. The highest BCUT2D eigenvalue weighted by atomic mass is 16.5. The van der Waals surface area contributed by atoms with Gasteiger partial charge in [-0.05, 0) is 31.2 Å². The summed E-state index contributed by atoms with van der Waals surface area (Å²) >= 11 is 0. The minimum absolute atomic E-state index is 0.0882. The third kappa shape index (κ3) is 3.98. The molecule has 2 N–H and O–H groups in total. The third-order valence-electron chi connectivity index (χ3n) is 5.96. The summed E-state index contributed by atoms with van der Waals surface area (Å²) in [5, 5.41) is 11.2. The molecule has 0 bridgehead atoms. The molecule has 0 radical (unpaired) electrons. The van der Waals surface area contributed by atoms with E-state index in [1.54, 1.807) is 7.05 Å². The summed E-state index contributed by atoms with van der Waals surface area (Å²) < 4.78 is 7.42. The van der Waals surface area contributed by atoms with E-state index in [2.05, 4.69) is 46.5 Å². The Kier molecular flexibility index (Phi) is 5.51. The zero-order chi connectivity index (χ0) is 19.6. The third-order valence-corrected chi connectivity index (χ3v) is 5.96. The number of ether oxygens (including phenoxy) is 1. The summed E-state index contributed by atoms with van der Waals surface area (Å²) in [6.45, 7) is 5.69. The number of carbonyl (C=O) groups excluding carboxylic acids is 1. The molecule has 4 rings (SSSR count). The molecule has 1 saturated heterocycles. The van der Waals surface area contributed by atoms with Crippen LogP contribution in [-0.2, 0) is 30.5 Å². The molecule has 1 unspecified atom stereocenters. The van der Waals surface area contributed by atoms with Crippen molar-refractivity contribution in [2.45, 2.75) is 45.2 Å². The minimum Gasteiger partial charge on any atom is -0.380 e. The van der Waals surface area contributed by atoms with Crippen LogP contribution < -0.4 is 10.6 Å². The van der Waals surface area contributed by atoms with E-state index in [-0.39, 0.29) is 11.3 Å². The Morgan fingerprint density at radius 2 is 2.11 bits per heavy atom. The summed E-state index contributed by atoms with van der Waals surface area (Å²) in [6, 6.07) is 10.8. The average Bonchev–Trinajstić information content (AvgIpc) is 3.07. The van der Waals surface area contributed by atoms with Gasteiger partial charge in [0, 0.05) is 42.9 Å². The Morgan fingerprint density at radius 3 is 2.79 bits per heavy atom. The molecule has 1 amide bonds. The van der Waals surface area contributed by atoms with Gasteiger partial charge >= 0.3 is 0 Å². The van der Waals surface area contributed by atoms with Crippen LogP contribution in [0.5, 0.6) is 0 Å². The van der Waals surface area contributed by atoms with E-state index in [0.717, 1.165) is 57.6 Å². The summed E-state index contributed by atoms with van der Waals surface area (Å²) in [6.07, 6.45) is 3.82. The number of benzene rings is 1. The van der Waals surface area contributed by atoms with Crippen LogP contribution in [0.3, 0.4) is 0 Å². The number of carbonyl (C=O) groups is 1. The highest BCUT2D eigenvalue weighted by Gasteiger charge is 2.35. The molecule has 0 spiro atoms. The Morgan fingerprint density at radius 1 is 1.32 bits per heavy atom. The van der Waals surface area contributed by atoms with Crippen LogP contribution in [0.4, 0.5) is 0 Å². The number of fused-ring (bicyclic) bond motifs is 1. The van der Waals surface area contributed by atoms with Gasteiger partial charge in [0.1, 0.15) is 0 Å². The van der Waals surface area contributed by atoms with E-state index >= 15 is 0 Å². The second-order valence-corrected chi connectivity index (χ2v) is 8.44. The van der Waals surface area contributed by atoms with E-state index in [4.69, 9.17) is 9.84 Å². The molecule has 2 aromatic rings. The van der Waals surface area contributed by atoms with Crippen molar-refractivity contribution in [1.29, 1.82) is 0 Å². The van der Waals surface area contributed by atoms with Crippen LogP contribution in [0.15, 0.2) is 30.3 Å². The molecule has 6 heteroatoms. The van der Waals surface area contributed by atoms with Crippen molar-refractivity contribution in [2.75, 3.05) is 26.8 Å². The maximum atomic E-state index is 12.4. The first-order chi connectivity index (χ1) is 13.6. The molecule has 1 aliphatic heterocycles. The zero-order valence-corrected chi connectivity index (χ0v) is 16.8. The van der Waals surface area contributed by atoms with Gasteiger partial charge in [-0.1, -0.05) is 37.3 Å². The number of rotatable bonds is 7. The van der Waals surface area contributed by atoms with Crippen molar-refractivity contribution in [2.24, 2.45) is 5.41 Å². The monoisotopic (exact) mass is 382 g/mol. The smallest absolute Gasteiger partial charge is 0.271 e. The maximum Gasteiger partial charge on any atom is 0.271 e.